The molecule has 32 heavy (non-hydrogen) atoms. The van der Waals surface area contributed by atoms with E-state index in [1.807, 2.05) is 48.6 Å². The molecule has 1 unspecified atom stereocenters. The van der Waals surface area contributed by atoms with Gasteiger partial charge in [-0.2, -0.15) is 0 Å². The number of ether oxygens (including phenoxy) is 1. The Bertz CT molecular complexity index is 1000. The van der Waals surface area contributed by atoms with Crippen LogP contribution in [0.3, 0.4) is 0 Å². The Kier molecular flexibility index (Phi) is 7.79. The first-order chi connectivity index (χ1) is 15.3. The normalized spacial score (nSPS) is 16.8. The third kappa shape index (κ3) is 5.82. The van der Waals surface area contributed by atoms with E-state index in [0.717, 1.165) is 37.7 Å². The number of hydrogen-bond acceptors (Lipinski definition) is 3. The van der Waals surface area contributed by atoms with E-state index >= 15 is 0 Å². The summed E-state index contributed by atoms with van der Waals surface area (Å²) in [5.74, 6) is 0.339. The number of rotatable bonds is 9. The van der Waals surface area contributed by atoms with Gasteiger partial charge in [-0.1, -0.05) is 49.6 Å². The Morgan fingerprint density at radius 1 is 1.19 bits per heavy atom. The molecule has 0 bridgehead atoms. The third-order valence-electron chi connectivity index (χ3n) is 5.83. The molecule has 0 aromatic heterocycles. The van der Waals surface area contributed by atoms with Crippen molar-refractivity contribution in [2.24, 2.45) is 0 Å². The fourth-order valence-corrected chi connectivity index (χ4v) is 4.01. The summed E-state index contributed by atoms with van der Waals surface area (Å²) in [5.41, 5.74) is 3.28. The Labute approximate surface area is 192 Å². The molecule has 2 aromatic rings. The van der Waals surface area contributed by atoms with Gasteiger partial charge < -0.3 is 15.2 Å². The van der Waals surface area contributed by atoms with Gasteiger partial charge in [0, 0.05) is 5.69 Å². The lowest BCUT2D eigenvalue weighted by Crippen LogP contribution is -2.32. The molecule has 1 atom stereocenters. The zero-order chi connectivity index (χ0) is 23.1. The number of phenolic OH excluding ortho intramolecular Hbond substituents is 1. The Balaban J connectivity index is 1.94. The first-order valence-corrected chi connectivity index (χ1v) is 11.6. The van der Waals surface area contributed by atoms with Crippen molar-refractivity contribution in [2.75, 3.05) is 5.32 Å². The average Bonchev–Trinajstić information content (AvgIpc) is 2.74. The summed E-state index contributed by atoms with van der Waals surface area (Å²) >= 11 is 0. The van der Waals surface area contributed by atoms with Crippen LogP contribution in [0.5, 0.6) is 11.5 Å². The van der Waals surface area contributed by atoms with Crippen LogP contribution >= 0.6 is 0 Å². The Morgan fingerprint density at radius 3 is 2.62 bits per heavy atom. The van der Waals surface area contributed by atoms with Crippen LogP contribution in [0.2, 0.25) is 0 Å². The molecule has 1 aliphatic heterocycles. The number of aryl methyl sites for hydroxylation is 1. The van der Waals surface area contributed by atoms with Crippen molar-refractivity contribution in [3.63, 3.8) is 0 Å². The van der Waals surface area contributed by atoms with Crippen LogP contribution in [0.4, 0.5) is 5.69 Å². The van der Waals surface area contributed by atoms with Gasteiger partial charge in [-0.3, -0.25) is 4.79 Å². The maximum Gasteiger partial charge on any atom is 0.259 e. The molecule has 0 saturated carbocycles. The van der Waals surface area contributed by atoms with Crippen molar-refractivity contribution in [1.82, 2.24) is 0 Å². The van der Waals surface area contributed by atoms with Gasteiger partial charge in [0.25, 0.3) is 5.91 Å². The predicted molar refractivity (Wildman–Crippen MR) is 132 cm³/mol. The van der Waals surface area contributed by atoms with Gasteiger partial charge in [0.05, 0.1) is 11.1 Å². The average molecular weight is 434 g/mol. The predicted octanol–water partition coefficient (Wildman–Crippen LogP) is 7.29. The maximum absolute atomic E-state index is 13.2. The highest BCUT2D eigenvalue weighted by atomic mass is 16.5. The highest BCUT2D eigenvalue weighted by Crippen LogP contribution is 2.42. The molecule has 0 spiro atoms. The summed E-state index contributed by atoms with van der Waals surface area (Å²) in [4.78, 5) is 13.2. The van der Waals surface area contributed by atoms with E-state index in [9.17, 15) is 9.90 Å². The molecular weight excluding hydrogens is 398 g/mol. The number of amides is 1. The van der Waals surface area contributed by atoms with Crippen LogP contribution in [0, 0.1) is 0 Å². The van der Waals surface area contributed by atoms with Crippen molar-refractivity contribution in [3.8, 4) is 11.5 Å². The quantitative estimate of drug-likeness (QED) is 0.322. The SMILES string of the molecule is CCCCCc1cc2c(c(O)c1C(=O)Nc1ccccc1)C=CC(C)(CCC=C(C)C)O2. The number of fused-ring (bicyclic) bond motifs is 1. The summed E-state index contributed by atoms with van der Waals surface area (Å²) in [6, 6.07) is 11.3. The number of allylic oxidation sites excluding steroid dienone is 2. The van der Waals surface area contributed by atoms with Gasteiger partial charge in [0.15, 0.2) is 0 Å². The largest absolute Gasteiger partial charge is 0.506 e. The van der Waals surface area contributed by atoms with Crippen molar-refractivity contribution in [2.45, 2.75) is 71.8 Å². The van der Waals surface area contributed by atoms with E-state index in [2.05, 4.69) is 39.1 Å². The number of phenols is 1. The van der Waals surface area contributed by atoms with Gasteiger partial charge in [-0.25, -0.2) is 0 Å². The molecule has 1 aliphatic rings. The van der Waals surface area contributed by atoms with E-state index in [-0.39, 0.29) is 11.7 Å². The van der Waals surface area contributed by atoms with Gasteiger partial charge in [-0.05, 0) is 82.4 Å². The standard InChI is InChI=1S/C28H35NO3/c1-5-6-8-13-21-19-24-23(16-18-28(4,32-24)17-11-12-20(2)3)26(30)25(21)27(31)29-22-14-9-7-10-15-22/h7,9-10,12,14-16,18-19,30H,5-6,8,11,13,17H2,1-4H3,(H,29,31). The second-order valence-corrected chi connectivity index (χ2v) is 9.02. The van der Waals surface area contributed by atoms with Crippen LogP contribution in [0.15, 0.2) is 54.1 Å². The van der Waals surface area contributed by atoms with Crippen LogP contribution < -0.4 is 10.1 Å². The molecule has 0 radical (unpaired) electrons. The molecule has 3 rings (SSSR count). The maximum atomic E-state index is 13.2. The first kappa shape index (κ1) is 23.6. The summed E-state index contributed by atoms with van der Waals surface area (Å²) in [7, 11) is 0. The number of para-hydroxylation sites is 1. The molecule has 0 aliphatic carbocycles. The molecule has 4 heteroatoms. The molecule has 0 fully saturated rings. The van der Waals surface area contributed by atoms with Crippen molar-refractivity contribution in [3.05, 3.63) is 70.8 Å². The topological polar surface area (TPSA) is 58.6 Å². The van der Waals surface area contributed by atoms with E-state index in [1.165, 1.54) is 5.57 Å². The minimum Gasteiger partial charge on any atom is -0.506 e. The highest BCUT2D eigenvalue weighted by molar-refractivity contribution is 6.08. The third-order valence-corrected chi connectivity index (χ3v) is 5.83. The summed E-state index contributed by atoms with van der Waals surface area (Å²) < 4.78 is 6.37. The van der Waals surface area contributed by atoms with E-state index in [4.69, 9.17) is 4.74 Å². The molecule has 4 nitrogen and oxygen atoms in total. The number of unbranched alkanes of at least 4 members (excludes halogenated alkanes) is 2. The second-order valence-electron chi connectivity index (χ2n) is 9.02. The number of benzene rings is 2. The molecule has 2 N–H and O–H groups in total. The Hall–Kier alpha value is -3.01. The number of carbonyl (C=O) groups excluding carboxylic acids is 1. The zero-order valence-electron chi connectivity index (χ0n) is 19.7. The van der Waals surface area contributed by atoms with Crippen LogP contribution in [-0.4, -0.2) is 16.6 Å². The number of nitrogens with one attached hydrogen (secondary N) is 1. The fraction of sp³-hybridized carbons (Fsp3) is 0.393. The molecule has 2 aromatic carbocycles. The van der Waals surface area contributed by atoms with Crippen molar-refractivity contribution >= 4 is 17.7 Å². The highest BCUT2D eigenvalue weighted by Gasteiger charge is 2.31. The fourth-order valence-electron chi connectivity index (χ4n) is 4.01. The lowest BCUT2D eigenvalue weighted by molar-refractivity contribution is 0.102. The van der Waals surface area contributed by atoms with E-state index in [1.54, 1.807) is 0 Å². The number of hydrogen-bond donors (Lipinski definition) is 2. The second kappa shape index (κ2) is 10.5. The van der Waals surface area contributed by atoms with E-state index < -0.39 is 5.60 Å². The molecule has 0 saturated heterocycles. The summed E-state index contributed by atoms with van der Waals surface area (Å²) in [5, 5.41) is 14.1. The minimum atomic E-state index is -0.445. The van der Waals surface area contributed by atoms with Gasteiger partial charge >= 0.3 is 0 Å². The van der Waals surface area contributed by atoms with E-state index in [0.29, 0.717) is 29.0 Å². The van der Waals surface area contributed by atoms with Crippen LogP contribution in [0.25, 0.3) is 6.08 Å². The minimum absolute atomic E-state index is 0.00923. The van der Waals surface area contributed by atoms with Crippen LogP contribution in [0.1, 0.15) is 81.3 Å². The smallest absolute Gasteiger partial charge is 0.259 e. The van der Waals surface area contributed by atoms with Gasteiger partial charge in [-0.15, -0.1) is 0 Å². The Morgan fingerprint density at radius 2 is 1.94 bits per heavy atom. The summed E-state index contributed by atoms with van der Waals surface area (Å²) in [6.45, 7) is 8.41. The van der Waals surface area contributed by atoms with Gasteiger partial charge in [0.2, 0.25) is 0 Å². The van der Waals surface area contributed by atoms with Crippen LogP contribution in [-0.2, 0) is 6.42 Å². The summed E-state index contributed by atoms with van der Waals surface area (Å²) in [6.07, 6.45) is 11.7. The number of carbonyl (C=O) groups is 1. The monoisotopic (exact) mass is 433 g/mol. The number of anilines is 1. The lowest BCUT2D eigenvalue weighted by Gasteiger charge is -2.32. The van der Waals surface area contributed by atoms with Gasteiger partial charge in [0.1, 0.15) is 17.1 Å². The molecule has 1 amide bonds. The zero-order valence-corrected chi connectivity index (χ0v) is 19.7. The molecule has 1 heterocycles. The lowest BCUT2D eigenvalue weighted by atomic mass is 9.91. The van der Waals surface area contributed by atoms with Crippen molar-refractivity contribution in [1.29, 1.82) is 0 Å². The van der Waals surface area contributed by atoms with Crippen molar-refractivity contribution < 1.29 is 14.6 Å². The molecule has 170 valence electrons. The number of aromatic hydroxyl groups is 1. The first-order valence-electron chi connectivity index (χ1n) is 11.6. The molecular formula is C28H35NO3.